The van der Waals surface area contributed by atoms with Gasteiger partial charge in [0.15, 0.2) is 0 Å². The number of anilines is 2. The van der Waals surface area contributed by atoms with Crippen molar-refractivity contribution in [1.29, 1.82) is 0 Å². The third-order valence-corrected chi connectivity index (χ3v) is 7.06. The minimum absolute atomic E-state index is 0.0464. The average Bonchev–Trinajstić information content (AvgIpc) is 3.22. The summed E-state index contributed by atoms with van der Waals surface area (Å²) in [5, 5.41) is 4.54. The highest BCUT2D eigenvalue weighted by Crippen LogP contribution is 2.31. The van der Waals surface area contributed by atoms with E-state index in [1.54, 1.807) is 4.90 Å². The lowest BCUT2D eigenvalue weighted by atomic mass is 10.1. The van der Waals surface area contributed by atoms with E-state index in [4.69, 9.17) is 14.7 Å². The zero-order valence-electron chi connectivity index (χ0n) is 23.6. The van der Waals surface area contributed by atoms with Crippen molar-refractivity contribution in [2.75, 3.05) is 29.9 Å². The van der Waals surface area contributed by atoms with Gasteiger partial charge in [-0.3, -0.25) is 9.78 Å². The summed E-state index contributed by atoms with van der Waals surface area (Å²) >= 11 is 0. The number of hydrogen-bond acceptors (Lipinski definition) is 8. The van der Waals surface area contributed by atoms with Crippen molar-refractivity contribution in [2.45, 2.75) is 72.3 Å². The lowest BCUT2D eigenvalue weighted by molar-refractivity contribution is 0.0158. The van der Waals surface area contributed by atoms with Crippen LogP contribution in [0, 0.1) is 0 Å². The van der Waals surface area contributed by atoms with E-state index in [1.165, 1.54) is 0 Å². The van der Waals surface area contributed by atoms with Crippen LogP contribution in [0.4, 0.5) is 16.6 Å². The number of nitrogens with zero attached hydrogens (tertiary/aromatic N) is 6. The van der Waals surface area contributed by atoms with Crippen LogP contribution in [0.1, 0.15) is 63.2 Å². The second-order valence-electron chi connectivity index (χ2n) is 11.6. The summed E-state index contributed by atoms with van der Waals surface area (Å²) in [5.74, 6) is 1.06. The maximum absolute atomic E-state index is 13.3. The summed E-state index contributed by atoms with van der Waals surface area (Å²) in [4.78, 5) is 45.8. The van der Waals surface area contributed by atoms with Crippen molar-refractivity contribution in [1.82, 2.24) is 24.8 Å². The summed E-state index contributed by atoms with van der Waals surface area (Å²) in [6, 6.07) is 10.1. The van der Waals surface area contributed by atoms with E-state index in [0.717, 1.165) is 22.0 Å². The first kappa shape index (κ1) is 26.6. The Morgan fingerprint density at radius 1 is 1.18 bits per heavy atom. The molecular weight excluding hydrogens is 494 g/mol. The Balaban J connectivity index is 1.40. The standard InChI is InChI=1S/C29H37N7O3/c1-18(2)36-17-22-24(26(36)37)32-27(34-11-12-35(19(3)16-34)28(38)39-29(4,5)6)33-25(22)31-15-20-13-21-9-7-8-10-23(21)30-14-20/h7-10,13-14,18-19H,11-12,15-17H2,1-6H3,(H,31,32,33)/t19-/m0/s1. The number of aromatic nitrogens is 3. The smallest absolute Gasteiger partial charge is 0.410 e. The van der Waals surface area contributed by atoms with E-state index in [2.05, 4.69) is 16.4 Å². The Hall–Kier alpha value is -3.95. The normalized spacial score (nSPS) is 17.7. The van der Waals surface area contributed by atoms with Crippen LogP contribution in [-0.4, -0.2) is 74.1 Å². The van der Waals surface area contributed by atoms with Crippen molar-refractivity contribution in [3.63, 3.8) is 0 Å². The molecule has 10 nitrogen and oxygen atoms in total. The van der Waals surface area contributed by atoms with Crippen LogP contribution in [-0.2, 0) is 17.8 Å². The second kappa shape index (κ2) is 10.3. The van der Waals surface area contributed by atoms with Gasteiger partial charge in [0.05, 0.1) is 12.1 Å². The Labute approximate surface area is 229 Å². The largest absolute Gasteiger partial charge is 0.444 e. The molecule has 5 rings (SSSR count). The van der Waals surface area contributed by atoms with Crippen LogP contribution in [0.3, 0.4) is 0 Å². The van der Waals surface area contributed by atoms with Gasteiger partial charge in [-0.1, -0.05) is 18.2 Å². The molecule has 0 bridgehead atoms. The van der Waals surface area contributed by atoms with Crippen molar-refractivity contribution in [3.8, 4) is 0 Å². The molecule has 0 unspecified atom stereocenters. The number of hydrogen-bond donors (Lipinski definition) is 1. The molecule has 1 aromatic carbocycles. The molecule has 2 aliphatic rings. The minimum atomic E-state index is -0.555. The zero-order valence-corrected chi connectivity index (χ0v) is 23.6. The lowest BCUT2D eigenvalue weighted by Crippen LogP contribution is -2.55. The Morgan fingerprint density at radius 2 is 1.95 bits per heavy atom. The van der Waals surface area contributed by atoms with Crippen molar-refractivity contribution < 1.29 is 14.3 Å². The number of para-hydroxylation sites is 1. The van der Waals surface area contributed by atoms with E-state index in [1.807, 2.05) is 81.8 Å². The SMILES string of the molecule is CC(C)N1Cc2c(NCc3cnc4ccccc4c3)nc(N3CCN(C(=O)OC(C)(C)C)[C@@H](C)C3)nc2C1=O. The first-order chi connectivity index (χ1) is 18.5. The molecule has 1 atom stereocenters. The van der Waals surface area contributed by atoms with Gasteiger partial charge in [0.2, 0.25) is 5.95 Å². The zero-order chi connectivity index (χ0) is 27.9. The number of carbonyl (C=O) groups is 2. The summed E-state index contributed by atoms with van der Waals surface area (Å²) in [5.41, 5.74) is 2.67. The van der Waals surface area contributed by atoms with Crippen molar-refractivity contribution in [2.24, 2.45) is 0 Å². The van der Waals surface area contributed by atoms with Crippen LogP contribution < -0.4 is 10.2 Å². The second-order valence-corrected chi connectivity index (χ2v) is 11.6. The van der Waals surface area contributed by atoms with Crippen molar-refractivity contribution in [3.05, 3.63) is 53.3 Å². The number of fused-ring (bicyclic) bond motifs is 2. The Kier molecular flexibility index (Phi) is 7.05. The number of piperazine rings is 1. The molecule has 2 aliphatic heterocycles. The molecule has 1 N–H and O–H groups in total. The molecule has 0 spiro atoms. The minimum Gasteiger partial charge on any atom is -0.444 e. The van der Waals surface area contributed by atoms with Crippen LogP contribution >= 0.6 is 0 Å². The van der Waals surface area contributed by atoms with Gasteiger partial charge >= 0.3 is 6.09 Å². The molecule has 0 aliphatic carbocycles. The van der Waals surface area contributed by atoms with E-state index in [0.29, 0.717) is 50.2 Å². The topological polar surface area (TPSA) is 104 Å². The fraction of sp³-hybridized carbons (Fsp3) is 0.483. The molecule has 10 heteroatoms. The predicted octanol–water partition coefficient (Wildman–Crippen LogP) is 4.45. The molecule has 2 aromatic heterocycles. The highest BCUT2D eigenvalue weighted by atomic mass is 16.6. The highest BCUT2D eigenvalue weighted by Gasteiger charge is 2.36. The molecule has 0 saturated carbocycles. The van der Waals surface area contributed by atoms with Crippen LogP contribution in [0.25, 0.3) is 10.9 Å². The number of benzene rings is 1. The molecule has 3 aromatic rings. The van der Waals surface area contributed by atoms with Gasteiger partial charge in [-0.05, 0) is 59.2 Å². The van der Waals surface area contributed by atoms with Crippen molar-refractivity contribution >= 4 is 34.7 Å². The predicted molar refractivity (Wildman–Crippen MR) is 151 cm³/mol. The third-order valence-electron chi connectivity index (χ3n) is 7.06. The van der Waals surface area contributed by atoms with E-state index < -0.39 is 5.60 Å². The Morgan fingerprint density at radius 3 is 2.67 bits per heavy atom. The maximum atomic E-state index is 13.3. The van der Waals surface area contributed by atoms with Gasteiger partial charge in [-0.25, -0.2) is 9.78 Å². The van der Waals surface area contributed by atoms with Gasteiger partial charge in [-0.2, -0.15) is 4.98 Å². The number of rotatable bonds is 5. The molecule has 2 amide bonds. The van der Waals surface area contributed by atoms with Crippen LogP contribution in [0.2, 0.25) is 0 Å². The van der Waals surface area contributed by atoms with Gasteiger partial charge in [-0.15, -0.1) is 0 Å². The first-order valence-electron chi connectivity index (χ1n) is 13.5. The summed E-state index contributed by atoms with van der Waals surface area (Å²) < 4.78 is 5.59. The number of pyridine rings is 1. The van der Waals surface area contributed by atoms with Gasteiger partial charge in [0, 0.05) is 55.4 Å². The Bertz CT molecular complexity index is 1400. The fourth-order valence-electron chi connectivity index (χ4n) is 5.01. The number of nitrogens with one attached hydrogen (secondary N) is 1. The van der Waals surface area contributed by atoms with E-state index in [9.17, 15) is 9.59 Å². The van der Waals surface area contributed by atoms with Gasteiger partial charge in [0.1, 0.15) is 17.1 Å². The van der Waals surface area contributed by atoms with Crippen LogP contribution in [0.5, 0.6) is 0 Å². The maximum Gasteiger partial charge on any atom is 0.410 e. The summed E-state index contributed by atoms with van der Waals surface area (Å²) in [6.45, 7) is 14.1. The van der Waals surface area contributed by atoms with E-state index >= 15 is 0 Å². The number of ether oxygens (including phenoxy) is 1. The van der Waals surface area contributed by atoms with Crippen LogP contribution in [0.15, 0.2) is 36.5 Å². The van der Waals surface area contributed by atoms with Gasteiger partial charge in [0.25, 0.3) is 5.91 Å². The quantitative estimate of drug-likeness (QED) is 0.515. The van der Waals surface area contributed by atoms with Gasteiger partial charge < -0.3 is 24.8 Å². The average molecular weight is 532 g/mol. The molecule has 206 valence electrons. The molecule has 1 fully saturated rings. The molecule has 0 radical (unpaired) electrons. The summed E-state index contributed by atoms with van der Waals surface area (Å²) in [6.07, 6.45) is 1.54. The molecular formula is C29H37N7O3. The number of amides is 2. The molecule has 4 heterocycles. The lowest BCUT2D eigenvalue weighted by Gasteiger charge is -2.40. The highest BCUT2D eigenvalue weighted by molar-refractivity contribution is 5.98. The monoisotopic (exact) mass is 531 g/mol. The summed E-state index contributed by atoms with van der Waals surface area (Å²) in [7, 11) is 0. The number of carbonyl (C=O) groups excluding carboxylic acids is 2. The van der Waals surface area contributed by atoms with E-state index in [-0.39, 0.29) is 24.1 Å². The fourth-order valence-corrected chi connectivity index (χ4v) is 5.01. The molecule has 39 heavy (non-hydrogen) atoms. The third kappa shape index (κ3) is 5.60. The first-order valence-corrected chi connectivity index (χ1v) is 13.5. The molecule has 1 saturated heterocycles.